The number of nitrogens with one attached hydrogen (secondary N) is 8. The second-order valence-corrected chi connectivity index (χ2v) is 19.5. The Hall–Kier alpha value is -8.07. The molecular weight excluding hydrogens is 949 g/mol. The minimum Gasteiger partial charge on any atom is -0.370 e. The second kappa shape index (κ2) is 27.1. The van der Waals surface area contributed by atoms with Gasteiger partial charge in [0.25, 0.3) is 0 Å². The summed E-state index contributed by atoms with van der Waals surface area (Å²) in [5.74, 6) is -6.96. The molecule has 5 rings (SSSR count). The summed E-state index contributed by atoms with van der Waals surface area (Å²) in [5, 5.41) is 18.0. The van der Waals surface area contributed by atoms with Crippen LogP contribution in [0.1, 0.15) is 82.9 Å². The molecule has 0 radical (unpaired) electrons. The third kappa shape index (κ3) is 17.0. The quantitative estimate of drug-likeness (QED) is 0.0323. The summed E-state index contributed by atoms with van der Waals surface area (Å²) in [6.07, 6.45) is 2.59. The van der Waals surface area contributed by atoms with E-state index in [4.69, 9.17) is 22.9 Å². The number of carbonyl (C=O) groups is 9. The van der Waals surface area contributed by atoms with Crippen LogP contribution in [0.4, 0.5) is 0 Å². The van der Waals surface area contributed by atoms with Crippen LogP contribution in [0.2, 0.25) is 0 Å². The van der Waals surface area contributed by atoms with E-state index in [0.29, 0.717) is 16.7 Å². The van der Waals surface area contributed by atoms with Crippen molar-refractivity contribution >= 4 is 75.0 Å². The molecule has 21 heteroatoms. The van der Waals surface area contributed by atoms with E-state index in [-0.39, 0.29) is 69.6 Å². The number of primary amides is 3. The van der Waals surface area contributed by atoms with Crippen LogP contribution in [0.25, 0.3) is 21.8 Å². The average Bonchev–Trinajstić information content (AvgIpc) is 3.96. The first kappa shape index (κ1) is 56.8. The molecule has 9 amide bonds. The number of para-hydroxylation sites is 2. The maximum absolute atomic E-state index is 14.9. The lowest BCUT2D eigenvalue weighted by Crippen LogP contribution is -2.61. The van der Waals surface area contributed by atoms with Gasteiger partial charge in [-0.05, 0) is 66.3 Å². The lowest BCUT2D eigenvalue weighted by molar-refractivity contribution is -0.135. The smallest absolute Gasteiger partial charge is 0.243 e. The molecule has 2 aromatic heterocycles. The summed E-state index contributed by atoms with van der Waals surface area (Å²) in [7, 11) is 0. The minimum atomic E-state index is -1.43. The number of nitrogens with two attached hydrogens (primary N) is 4. The zero-order chi connectivity index (χ0) is 54.1. The van der Waals surface area contributed by atoms with E-state index >= 15 is 0 Å². The Morgan fingerprint density at radius 1 is 0.446 bits per heavy atom. The van der Waals surface area contributed by atoms with Gasteiger partial charge in [-0.2, -0.15) is 0 Å². The van der Waals surface area contributed by atoms with Gasteiger partial charge in [-0.15, -0.1) is 0 Å². The number of rotatable bonds is 29. The largest absolute Gasteiger partial charge is 0.370 e. The van der Waals surface area contributed by atoms with Gasteiger partial charge in [0.05, 0.1) is 6.04 Å². The maximum atomic E-state index is 14.9. The highest BCUT2D eigenvalue weighted by atomic mass is 16.2. The molecule has 0 unspecified atom stereocenters. The van der Waals surface area contributed by atoms with Crippen molar-refractivity contribution in [2.75, 3.05) is 0 Å². The number of fused-ring (bicyclic) bond motifs is 2. The van der Waals surface area contributed by atoms with E-state index in [1.165, 1.54) is 0 Å². The molecule has 0 bridgehead atoms. The third-order valence-electron chi connectivity index (χ3n) is 12.4. The van der Waals surface area contributed by atoms with Crippen LogP contribution in [-0.4, -0.2) is 105 Å². The molecule has 396 valence electrons. The van der Waals surface area contributed by atoms with E-state index in [2.05, 4.69) is 41.9 Å². The van der Waals surface area contributed by atoms with Crippen LogP contribution in [0.5, 0.6) is 0 Å². The Morgan fingerprint density at radius 2 is 0.824 bits per heavy atom. The predicted molar refractivity (Wildman–Crippen MR) is 279 cm³/mol. The normalized spacial score (nSPS) is 14.2. The van der Waals surface area contributed by atoms with E-state index < -0.39 is 95.5 Å². The first-order chi connectivity index (χ1) is 35.2. The van der Waals surface area contributed by atoms with Crippen LogP contribution in [0.15, 0.2) is 91.3 Å². The highest BCUT2D eigenvalue weighted by Crippen LogP contribution is 2.22. The maximum Gasteiger partial charge on any atom is 0.243 e. The Labute approximate surface area is 429 Å². The minimum absolute atomic E-state index is 0.00924. The van der Waals surface area contributed by atoms with Gasteiger partial charge >= 0.3 is 0 Å². The molecule has 0 aliphatic heterocycles. The lowest BCUT2D eigenvalue weighted by Gasteiger charge is -2.28. The van der Waals surface area contributed by atoms with E-state index in [1.807, 2.05) is 70.2 Å². The molecule has 3 aromatic carbocycles. The summed E-state index contributed by atoms with van der Waals surface area (Å²) in [6.45, 7) is 7.49. The van der Waals surface area contributed by atoms with Gasteiger partial charge in [-0.3, -0.25) is 43.2 Å². The van der Waals surface area contributed by atoms with Crippen LogP contribution in [0, 0.1) is 11.8 Å². The standard InChI is InChI=1S/C53H70N12O9/c1-29(2)22-40(47(57)68)61-50(71)41(23-30(3)4)62-52(73)44(26-33-28-59-38-17-11-9-15-35(33)38)65-51(72)42(24-31-12-6-5-7-13-31)63-53(74)43(25-32-27-58-37-16-10-8-14-34(32)37)64-49(70)39(19-21-46(56)67)60-48(69)36(54)18-20-45(55)66/h5-17,27-30,36,39-44,58-59H,18-26,54H2,1-4H3,(H2,55,66)(H2,56,67)(H2,57,68)(H,60,69)(H,61,71)(H,62,73)(H,63,74)(H,64,70)(H,65,72)/t36-,39-,40-,41-,42-,43+,44+/m0/s1. The van der Waals surface area contributed by atoms with E-state index in [9.17, 15) is 43.2 Å². The molecule has 7 atom stereocenters. The summed E-state index contributed by atoms with van der Waals surface area (Å²) in [4.78, 5) is 128. The van der Waals surface area contributed by atoms with Crippen LogP contribution < -0.4 is 54.8 Å². The highest BCUT2D eigenvalue weighted by Gasteiger charge is 2.35. The van der Waals surface area contributed by atoms with Gasteiger partial charge < -0.3 is 64.8 Å². The van der Waals surface area contributed by atoms with Gasteiger partial charge in [0.15, 0.2) is 0 Å². The van der Waals surface area contributed by atoms with E-state index in [1.54, 1.807) is 48.8 Å². The Balaban J connectivity index is 1.50. The van der Waals surface area contributed by atoms with Gasteiger partial charge in [0.1, 0.15) is 36.3 Å². The average molecular weight is 1020 g/mol. The summed E-state index contributed by atoms with van der Waals surface area (Å²) < 4.78 is 0. The van der Waals surface area contributed by atoms with Crippen molar-refractivity contribution in [1.29, 1.82) is 0 Å². The summed E-state index contributed by atoms with van der Waals surface area (Å²) in [5.41, 5.74) is 25.8. The number of H-pyrrole nitrogens is 2. The SMILES string of the molecule is CC(C)C[C@H](NC(=O)[C@H](CC(C)C)NC(=O)[C@@H](Cc1c[nH]c2ccccc12)NC(=O)[C@H](Cc1ccccc1)NC(=O)[C@@H](Cc1c[nH]c2ccccc12)NC(=O)[C@H](CCC(N)=O)NC(=O)[C@@H](N)CCC(N)=O)C(N)=O. The topological polar surface area (TPSA) is 361 Å². The fourth-order valence-corrected chi connectivity index (χ4v) is 8.56. The van der Waals surface area contributed by atoms with Crippen LogP contribution in [0.3, 0.4) is 0 Å². The molecule has 74 heavy (non-hydrogen) atoms. The number of hydrogen-bond donors (Lipinski definition) is 12. The molecule has 5 aromatic rings. The predicted octanol–water partition coefficient (Wildman–Crippen LogP) is 1.02. The van der Waals surface area contributed by atoms with Gasteiger partial charge in [0, 0.05) is 66.3 Å². The van der Waals surface area contributed by atoms with Crippen molar-refractivity contribution in [1.82, 2.24) is 41.9 Å². The number of amides is 9. The van der Waals surface area contributed by atoms with Gasteiger partial charge in [-0.25, -0.2) is 0 Å². The van der Waals surface area contributed by atoms with Gasteiger partial charge in [-0.1, -0.05) is 94.4 Å². The van der Waals surface area contributed by atoms with Crippen molar-refractivity contribution in [2.24, 2.45) is 34.8 Å². The Kier molecular flexibility index (Phi) is 20.8. The van der Waals surface area contributed by atoms with Crippen molar-refractivity contribution < 1.29 is 43.2 Å². The summed E-state index contributed by atoms with van der Waals surface area (Å²) >= 11 is 0. The molecule has 0 spiro atoms. The number of hydrogen-bond acceptors (Lipinski definition) is 10. The molecule has 16 N–H and O–H groups in total. The van der Waals surface area contributed by atoms with Crippen molar-refractivity contribution in [3.63, 3.8) is 0 Å². The number of aromatic nitrogens is 2. The molecule has 0 saturated carbocycles. The van der Waals surface area contributed by atoms with E-state index in [0.717, 1.165) is 21.8 Å². The van der Waals surface area contributed by atoms with Gasteiger partial charge in [0.2, 0.25) is 53.2 Å². The molecular formula is C53H70N12O9. The summed E-state index contributed by atoms with van der Waals surface area (Å²) in [6, 6.07) is 14.5. The van der Waals surface area contributed by atoms with Crippen LogP contribution >= 0.6 is 0 Å². The molecule has 21 nitrogen and oxygen atoms in total. The first-order valence-electron chi connectivity index (χ1n) is 24.8. The molecule has 0 aliphatic rings. The Morgan fingerprint density at radius 3 is 1.30 bits per heavy atom. The van der Waals surface area contributed by atoms with Crippen molar-refractivity contribution in [2.45, 2.75) is 128 Å². The first-order valence-corrected chi connectivity index (χ1v) is 24.8. The molecule has 0 saturated heterocycles. The number of benzene rings is 3. The zero-order valence-corrected chi connectivity index (χ0v) is 42.2. The molecule has 0 aliphatic carbocycles. The zero-order valence-electron chi connectivity index (χ0n) is 42.2. The van der Waals surface area contributed by atoms with Crippen molar-refractivity contribution in [3.8, 4) is 0 Å². The molecule has 2 heterocycles. The highest BCUT2D eigenvalue weighted by molar-refractivity contribution is 5.98. The van der Waals surface area contributed by atoms with Crippen molar-refractivity contribution in [3.05, 3.63) is 108 Å². The monoisotopic (exact) mass is 1020 g/mol. The fraction of sp³-hybridized carbons (Fsp3) is 0.415. The number of aromatic amines is 2. The number of carbonyl (C=O) groups excluding carboxylic acids is 9. The van der Waals surface area contributed by atoms with Crippen LogP contribution in [-0.2, 0) is 62.4 Å². The Bertz CT molecular complexity index is 2770. The fourth-order valence-electron chi connectivity index (χ4n) is 8.56. The second-order valence-electron chi connectivity index (χ2n) is 19.5. The third-order valence-corrected chi connectivity index (χ3v) is 12.4. The lowest BCUT2D eigenvalue weighted by atomic mass is 9.98. The molecule has 0 fully saturated rings.